The van der Waals surface area contributed by atoms with E-state index in [-0.39, 0.29) is 11.9 Å². The Morgan fingerprint density at radius 2 is 2.26 bits per heavy atom. The summed E-state index contributed by atoms with van der Waals surface area (Å²) in [5, 5.41) is 15.2. The molecule has 1 fully saturated rings. The molecule has 5 nitrogen and oxygen atoms in total. The molecule has 6 heteroatoms. The van der Waals surface area contributed by atoms with Gasteiger partial charge in [0.15, 0.2) is 0 Å². The summed E-state index contributed by atoms with van der Waals surface area (Å²) in [5.74, 6) is -0.164. The van der Waals surface area contributed by atoms with Gasteiger partial charge in [-0.05, 0) is 31.9 Å². The van der Waals surface area contributed by atoms with E-state index in [4.69, 9.17) is 0 Å². The average molecular weight is 326 g/mol. The molecule has 0 radical (unpaired) electrons. The summed E-state index contributed by atoms with van der Waals surface area (Å²) in [7, 11) is 0. The summed E-state index contributed by atoms with van der Waals surface area (Å²) >= 11 is 1.51. The van der Waals surface area contributed by atoms with Gasteiger partial charge in [0, 0.05) is 23.3 Å². The maximum absolute atomic E-state index is 12.5. The summed E-state index contributed by atoms with van der Waals surface area (Å²) < 4.78 is 0. The van der Waals surface area contributed by atoms with E-state index in [2.05, 4.69) is 21.4 Å². The van der Waals surface area contributed by atoms with Crippen LogP contribution in [-0.2, 0) is 4.79 Å². The number of carbonyl (C=O) groups excluding carboxylic acids is 1. The highest BCUT2D eigenvalue weighted by Crippen LogP contribution is 2.38. The minimum Gasteiger partial charge on any atom is -0.346 e. The Morgan fingerprint density at radius 1 is 1.48 bits per heavy atom. The maximum atomic E-state index is 12.5. The fourth-order valence-electron chi connectivity index (χ4n) is 2.90. The van der Waals surface area contributed by atoms with Gasteiger partial charge < -0.3 is 5.32 Å². The van der Waals surface area contributed by atoms with Crippen molar-refractivity contribution in [3.8, 4) is 17.3 Å². The summed E-state index contributed by atoms with van der Waals surface area (Å²) in [4.78, 5) is 21.2. The van der Waals surface area contributed by atoms with Gasteiger partial charge in [-0.15, -0.1) is 11.3 Å². The van der Waals surface area contributed by atoms with Crippen LogP contribution in [0.5, 0.6) is 0 Å². The van der Waals surface area contributed by atoms with Gasteiger partial charge in [-0.25, -0.2) is 4.98 Å². The van der Waals surface area contributed by atoms with Gasteiger partial charge in [-0.3, -0.25) is 9.78 Å². The average Bonchev–Trinajstić information content (AvgIpc) is 3.26. The molecule has 0 spiro atoms. The number of rotatable bonds is 4. The minimum absolute atomic E-state index is 0.164. The van der Waals surface area contributed by atoms with Crippen LogP contribution in [0.1, 0.15) is 43.7 Å². The molecule has 0 bridgehead atoms. The van der Waals surface area contributed by atoms with Crippen LogP contribution in [0.2, 0.25) is 0 Å². The number of amides is 1. The number of thiazole rings is 1. The van der Waals surface area contributed by atoms with Gasteiger partial charge in [0.2, 0.25) is 5.91 Å². The van der Waals surface area contributed by atoms with Gasteiger partial charge in [-0.1, -0.05) is 12.8 Å². The summed E-state index contributed by atoms with van der Waals surface area (Å²) in [6, 6.07) is 5.85. The van der Waals surface area contributed by atoms with E-state index >= 15 is 0 Å². The van der Waals surface area contributed by atoms with Crippen LogP contribution >= 0.6 is 11.3 Å². The van der Waals surface area contributed by atoms with Crippen LogP contribution < -0.4 is 5.32 Å². The van der Waals surface area contributed by atoms with Crippen LogP contribution in [0.25, 0.3) is 11.3 Å². The molecule has 1 N–H and O–H groups in total. The number of nitriles is 1. The van der Waals surface area contributed by atoms with Crippen molar-refractivity contribution in [2.45, 2.75) is 38.6 Å². The molecule has 0 aromatic carbocycles. The molecule has 23 heavy (non-hydrogen) atoms. The lowest BCUT2D eigenvalue weighted by Gasteiger charge is -2.21. The molecule has 1 amide bonds. The Kier molecular flexibility index (Phi) is 4.39. The first-order valence-electron chi connectivity index (χ1n) is 7.73. The largest absolute Gasteiger partial charge is 0.346 e. The fourth-order valence-corrected chi connectivity index (χ4v) is 3.73. The maximum Gasteiger partial charge on any atom is 0.241 e. The van der Waals surface area contributed by atoms with E-state index in [0.717, 1.165) is 29.1 Å². The van der Waals surface area contributed by atoms with Crippen molar-refractivity contribution in [1.82, 2.24) is 15.3 Å². The predicted molar refractivity (Wildman–Crippen MR) is 88.4 cm³/mol. The molecule has 0 aliphatic heterocycles. The second-order valence-electron chi connectivity index (χ2n) is 5.91. The van der Waals surface area contributed by atoms with Crippen molar-refractivity contribution < 1.29 is 4.79 Å². The van der Waals surface area contributed by atoms with Crippen molar-refractivity contribution in [2.75, 3.05) is 0 Å². The fraction of sp³-hybridized carbons (Fsp3) is 0.412. The quantitative estimate of drug-likeness (QED) is 0.933. The molecule has 1 aliphatic carbocycles. The van der Waals surface area contributed by atoms with E-state index in [0.29, 0.717) is 12.8 Å². The zero-order valence-electron chi connectivity index (χ0n) is 13.0. The summed E-state index contributed by atoms with van der Waals surface area (Å²) in [5.41, 5.74) is 0.963. The number of pyridine rings is 1. The van der Waals surface area contributed by atoms with Crippen LogP contribution in [0.3, 0.4) is 0 Å². The lowest BCUT2D eigenvalue weighted by Crippen LogP contribution is -2.39. The highest BCUT2D eigenvalue weighted by atomic mass is 32.1. The van der Waals surface area contributed by atoms with E-state index < -0.39 is 5.41 Å². The molecule has 0 saturated heterocycles. The SMILES string of the molecule is C[C@H](NC(=O)C1(C#N)CCCC1)c1nc(-c2cccnc2)cs1. The van der Waals surface area contributed by atoms with Crippen LogP contribution in [0.4, 0.5) is 0 Å². The third kappa shape index (κ3) is 3.10. The van der Waals surface area contributed by atoms with Crippen LogP contribution in [-0.4, -0.2) is 15.9 Å². The van der Waals surface area contributed by atoms with Crippen molar-refractivity contribution >= 4 is 17.2 Å². The molecule has 118 valence electrons. The van der Waals surface area contributed by atoms with Gasteiger partial charge >= 0.3 is 0 Å². The molecule has 2 aromatic heterocycles. The van der Waals surface area contributed by atoms with Crippen molar-refractivity contribution in [3.05, 3.63) is 34.9 Å². The molecule has 1 aliphatic rings. The zero-order chi connectivity index (χ0) is 16.3. The number of aromatic nitrogens is 2. The first-order valence-corrected chi connectivity index (χ1v) is 8.61. The Morgan fingerprint density at radius 3 is 2.91 bits per heavy atom. The third-order valence-corrected chi connectivity index (χ3v) is 5.33. The van der Waals surface area contributed by atoms with E-state index in [1.807, 2.05) is 24.4 Å². The molecule has 2 heterocycles. The van der Waals surface area contributed by atoms with Gasteiger partial charge in [0.05, 0.1) is 17.8 Å². The first kappa shape index (κ1) is 15.6. The monoisotopic (exact) mass is 326 g/mol. The molecule has 0 unspecified atom stereocenters. The molecule has 1 saturated carbocycles. The Labute approximate surface area is 139 Å². The number of hydrogen-bond acceptors (Lipinski definition) is 5. The van der Waals surface area contributed by atoms with E-state index in [1.165, 1.54) is 11.3 Å². The van der Waals surface area contributed by atoms with Gasteiger partial charge in [0.1, 0.15) is 10.4 Å². The van der Waals surface area contributed by atoms with Crippen LogP contribution in [0, 0.1) is 16.7 Å². The lowest BCUT2D eigenvalue weighted by molar-refractivity contribution is -0.128. The minimum atomic E-state index is -0.850. The highest BCUT2D eigenvalue weighted by molar-refractivity contribution is 7.10. The Balaban J connectivity index is 1.72. The number of carbonyl (C=O) groups is 1. The predicted octanol–water partition coefficient (Wildman–Crippen LogP) is 3.47. The summed E-state index contributed by atoms with van der Waals surface area (Å²) in [6.07, 6.45) is 6.69. The molecule has 1 atom stereocenters. The molecular formula is C17H18N4OS. The third-order valence-electron chi connectivity index (χ3n) is 4.30. The zero-order valence-corrected chi connectivity index (χ0v) is 13.8. The number of nitrogens with zero attached hydrogens (tertiary/aromatic N) is 3. The lowest BCUT2D eigenvalue weighted by atomic mass is 9.87. The van der Waals surface area contributed by atoms with Crippen LogP contribution in [0.15, 0.2) is 29.9 Å². The van der Waals surface area contributed by atoms with Crippen molar-refractivity contribution in [2.24, 2.45) is 5.41 Å². The van der Waals surface area contributed by atoms with Gasteiger partial charge in [0.25, 0.3) is 0 Å². The normalized spacial score (nSPS) is 17.4. The van der Waals surface area contributed by atoms with Crippen molar-refractivity contribution in [3.63, 3.8) is 0 Å². The van der Waals surface area contributed by atoms with Gasteiger partial charge in [-0.2, -0.15) is 5.26 Å². The highest BCUT2D eigenvalue weighted by Gasteiger charge is 2.42. The van der Waals surface area contributed by atoms with Crippen molar-refractivity contribution in [1.29, 1.82) is 5.26 Å². The standard InChI is InChI=1S/C17H18N4OS/c1-12(20-16(22)17(11-18)6-2-3-7-17)15-21-14(10-23-15)13-5-4-8-19-9-13/h4-5,8-10,12H,2-3,6-7H2,1H3,(H,20,22)/t12-/m0/s1. The second kappa shape index (κ2) is 6.47. The second-order valence-corrected chi connectivity index (χ2v) is 6.80. The number of nitrogens with one attached hydrogen (secondary N) is 1. The van der Waals surface area contributed by atoms with E-state index in [9.17, 15) is 10.1 Å². The summed E-state index contributed by atoms with van der Waals surface area (Å²) in [6.45, 7) is 1.91. The number of hydrogen-bond donors (Lipinski definition) is 1. The Hall–Kier alpha value is -2.26. The van der Waals surface area contributed by atoms with E-state index in [1.54, 1.807) is 12.4 Å². The molecular weight excluding hydrogens is 308 g/mol. The molecule has 2 aromatic rings. The first-order chi connectivity index (χ1) is 11.1. The topological polar surface area (TPSA) is 78.7 Å². The molecule has 3 rings (SSSR count). The Bertz CT molecular complexity index is 729. The smallest absolute Gasteiger partial charge is 0.241 e.